The van der Waals surface area contributed by atoms with E-state index in [0.29, 0.717) is 23.5 Å². The maximum atomic E-state index is 13.2. The van der Waals surface area contributed by atoms with E-state index >= 15 is 0 Å². The van der Waals surface area contributed by atoms with Crippen LogP contribution in [-0.4, -0.2) is 44.6 Å². The van der Waals surface area contributed by atoms with Gasteiger partial charge in [0.1, 0.15) is 12.4 Å². The van der Waals surface area contributed by atoms with Crippen molar-refractivity contribution in [2.45, 2.75) is 19.9 Å². The minimum atomic E-state index is -0.301. The van der Waals surface area contributed by atoms with Gasteiger partial charge in [-0.1, -0.05) is 0 Å². The normalized spacial score (nSPS) is 10.3. The average molecular weight is 302 g/mol. The number of aromatic nitrogens is 4. The number of benzene rings is 1. The Balaban J connectivity index is 2.07. The van der Waals surface area contributed by atoms with Crippen molar-refractivity contribution in [3.8, 4) is 17.5 Å². The number of halogens is 1. The van der Waals surface area contributed by atoms with Crippen molar-refractivity contribution in [1.82, 2.24) is 25.1 Å². The fourth-order valence-corrected chi connectivity index (χ4v) is 1.79. The van der Waals surface area contributed by atoms with E-state index < -0.39 is 0 Å². The number of rotatable bonds is 5. The zero-order valence-electron chi connectivity index (χ0n) is 12.3. The van der Waals surface area contributed by atoms with Crippen LogP contribution < -0.4 is 0 Å². The molecule has 0 bridgehead atoms. The molecule has 0 atom stereocenters. The Hall–Kier alpha value is -2.82. The highest BCUT2D eigenvalue weighted by Gasteiger charge is 2.13. The predicted molar refractivity (Wildman–Crippen MR) is 75.8 cm³/mol. The third kappa shape index (κ3) is 3.63. The molecule has 0 saturated carbocycles. The molecule has 22 heavy (non-hydrogen) atoms. The van der Waals surface area contributed by atoms with Gasteiger partial charge in [0.15, 0.2) is 0 Å². The molecular weight excluding hydrogens is 287 g/mol. The van der Waals surface area contributed by atoms with Gasteiger partial charge < -0.3 is 4.90 Å². The first-order valence-corrected chi connectivity index (χ1v) is 6.66. The molecule has 1 aromatic carbocycles. The lowest BCUT2D eigenvalue weighted by atomic mass is 10.1. The lowest BCUT2D eigenvalue weighted by Crippen LogP contribution is -2.31. The zero-order chi connectivity index (χ0) is 16.1. The zero-order valence-corrected chi connectivity index (χ0v) is 12.3. The Bertz CT molecular complexity index is 720. The molecule has 0 N–H and O–H groups in total. The molecule has 8 heteroatoms. The summed E-state index contributed by atoms with van der Waals surface area (Å²) >= 11 is 0. The largest absolute Gasteiger partial charge is 0.343 e. The molecule has 0 saturated heterocycles. The van der Waals surface area contributed by atoms with Crippen LogP contribution in [0.4, 0.5) is 4.39 Å². The van der Waals surface area contributed by atoms with Gasteiger partial charge in [-0.15, -0.1) is 10.2 Å². The van der Waals surface area contributed by atoms with Crippen molar-refractivity contribution in [3.05, 3.63) is 29.6 Å². The third-order valence-corrected chi connectivity index (χ3v) is 3.13. The summed E-state index contributed by atoms with van der Waals surface area (Å²) < 4.78 is 13.2. The van der Waals surface area contributed by atoms with Crippen LogP contribution in [0.25, 0.3) is 11.4 Å². The number of hydrogen-bond donors (Lipinski definition) is 0. The summed E-state index contributed by atoms with van der Waals surface area (Å²) in [4.78, 5) is 14.5. The predicted octanol–water partition coefficient (Wildman–Crippen LogP) is 1.16. The summed E-state index contributed by atoms with van der Waals surface area (Å²) in [5, 5.41) is 20.3. The number of tetrazole rings is 1. The average Bonchev–Trinajstić information content (AvgIpc) is 2.96. The third-order valence-electron chi connectivity index (χ3n) is 3.13. The number of aryl methyl sites for hydroxylation is 1. The van der Waals surface area contributed by atoms with Gasteiger partial charge in [-0.25, -0.2) is 4.39 Å². The monoisotopic (exact) mass is 302 g/mol. The summed E-state index contributed by atoms with van der Waals surface area (Å²) in [5.74, 6) is -0.185. The maximum Gasteiger partial charge on any atom is 0.246 e. The van der Waals surface area contributed by atoms with Gasteiger partial charge >= 0.3 is 0 Å². The fourth-order valence-electron chi connectivity index (χ4n) is 1.79. The molecule has 1 aromatic heterocycles. The number of nitriles is 1. The Morgan fingerprint density at radius 1 is 1.50 bits per heavy atom. The van der Waals surface area contributed by atoms with Crippen LogP contribution in [-0.2, 0) is 11.3 Å². The van der Waals surface area contributed by atoms with Crippen molar-refractivity contribution in [3.63, 3.8) is 0 Å². The molecule has 0 aliphatic rings. The van der Waals surface area contributed by atoms with E-state index in [-0.39, 0.29) is 24.7 Å². The van der Waals surface area contributed by atoms with E-state index in [9.17, 15) is 9.18 Å². The van der Waals surface area contributed by atoms with E-state index in [4.69, 9.17) is 5.26 Å². The number of hydrogen-bond acceptors (Lipinski definition) is 5. The van der Waals surface area contributed by atoms with Gasteiger partial charge in [-0.2, -0.15) is 10.1 Å². The van der Waals surface area contributed by atoms with E-state index in [2.05, 4.69) is 15.4 Å². The smallest absolute Gasteiger partial charge is 0.246 e. The molecule has 0 spiro atoms. The quantitative estimate of drug-likeness (QED) is 0.827. The minimum Gasteiger partial charge on any atom is -0.343 e. The Morgan fingerprint density at radius 2 is 2.27 bits per heavy atom. The van der Waals surface area contributed by atoms with Crippen LogP contribution in [0.5, 0.6) is 0 Å². The molecule has 2 aromatic rings. The second-order valence-electron chi connectivity index (χ2n) is 4.83. The maximum absolute atomic E-state index is 13.2. The molecule has 0 radical (unpaired) electrons. The molecule has 7 nitrogen and oxygen atoms in total. The molecule has 0 aliphatic carbocycles. The van der Waals surface area contributed by atoms with Gasteiger partial charge in [0.25, 0.3) is 0 Å². The minimum absolute atomic E-state index is 0.0604. The molecular formula is C14H15FN6O. The Morgan fingerprint density at radius 3 is 2.95 bits per heavy atom. The topological polar surface area (TPSA) is 87.7 Å². The highest BCUT2D eigenvalue weighted by atomic mass is 19.1. The van der Waals surface area contributed by atoms with Crippen molar-refractivity contribution in [2.75, 3.05) is 13.6 Å². The summed E-state index contributed by atoms with van der Waals surface area (Å²) in [6, 6.07) is 6.50. The van der Waals surface area contributed by atoms with Gasteiger partial charge in [0, 0.05) is 19.2 Å². The second kappa shape index (κ2) is 6.76. The molecule has 1 amide bonds. The van der Waals surface area contributed by atoms with Crippen LogP contribution in [0.2, 0.25) is 0 Å². The van der Waals surface area contributed by atoms with Crippen LogP contribution in [0.15, 0.2) is 18.2 Å². The lowest BCUT2D eigenvalue weighted by Gasteiger charge is -2.14. The number of nitrogens with zero attached hydrogens (tertiary/aromatic N) is 6. The van der Waals surface area contributed by atoms with Gasteiger partial charge in [0.05, 0.1) is 12.5 Å². The number of amides is 1. The van der Waals surface area contributed by atoms with Crippen LogP contribution in [0.1, 0.15) is 12.0 Å². The highest BCUT2D eigenvalue weighted by Crippen LogP contribution is 2.17. The first-order chi connectivity index (χ1) is 10.5. The van der Waals surface area contributed by atoms with Crippen molar-refractivity contribution in [2.24, 2.45) is 0 Å². The van der Waals surface area contributed by atoms with Crippen LogP contribution >= 0.6 is 0 Å². The molecule has 0 aliphatic heterocycles. The van der Waals surface area contributed by atoms with E-state index in [0.717, 1.165) is 0 Å². The fraction of sp³-hybridized carbons (Fsp3) is 0.357. The summed E-state index contributed by atoms with van der Waals surface area (Å²) in [7, 11) is 1.61. The lowest BCUT2D eigenvalue weighted by molar-refractivity contribution is -0.130. The first-order valence-electron chi connectivity index (χ1n) is 6.66. The Labute approximate surface area is 127 Å². The molecule has 0 unspecified atom stereocenters. The van der Waals surface area contributed by atoms with Gasteiger partial charge in [0.2, 0.25) is 11.7 Å². The van der Waals surface area contributed by atoms with E-state index in [1.54, 1.807) is 26.1 Å². The number of likely N-dealkylation sites (N-methyl/N-ethyl adjacent to an activating group) is 1. The SMILES string of the molecule is Cc1cc(-c2nnn(CC(=O)N(C)CCC#N)n2)ccc1F. The van der Waals surface area contributed by atoms with Crippen molar-refractivity contribution >= 4 is 5.91 Å². The van der Waals surface area contributed by atoms with Crippen molar-refractivity contribution in [1.29, 1.82) is 5.26 Å². The first kappa shape index (κ1) is 15.6. The molecule has 114 valence electrons. The van der Waals surface area contributed by atoms with Crippen molar-refractivity contribution < 1.29 is 9.18 Å². The standard InChI is InChI=1S/C14H15FN6O/c1-10-8-11(4-5-12(10)15)14-17-19-21(18-14)9-13(22)20(2)7-3-6-16/h4-5,8H,3,7,9H2,1-2H3. The molecule has 0 fully saturated rings. The summed E-state index contributed by atoms with van der Waals surface area (Å²) in [5.41, 5.74) is 1.12. The molecule has 1 heterocycles. The summed E-state index contributed by atoms with van der Waals surface area (Å²) in [6.07, 6.45) is 0.271. The van der Waals surface area contributed by atoms with Gasteiger partial charge in [-0.3, -0.25) is 4.79 Å². The second-order valence-corrected chi connectivity index (χ2v) is 4.83. The Kier molecular flexibility index (Phi) is 4.78. The van der Waals surface area contributed by atoms with E-state index in [1.807, 2.05) is 6.07 Å². The number of carbonyl (C=O) groups is 1. The van der Waals surface area contributed by atoms with Crippen LogP contribution in [0, 0.1) is 24.1 Å². The molecule has 2 rings (SSSR count). The highest BCUT2D eigenvalue weighted by molar-refractivity contribution is 5.75. The van der Waals surface area contributed by atoms with E-state index in [1.165, 1.54) is 15.8 Å². The number of carbonyl (C=O) groups excluding carboxylic acids is 1. The van der Waals surface area contributed by atoms with Gasteiger partial charge in [-0.05, 0) is 35.9 Å². The summed E-state index contributed by atoms with van der Waals surface area (Å²) in [6.45, 7) is 1.94. The van der Waals surface area contributed by atoms with Crippen LogP contribution in [0.3, 0.4) is 0 Å².